The molecule has 1 saturated heterocycles. The number of piperazine rings is 1. The van der Waals surface area contributed by atoms with Gasteiger partial charge in [-0.25, -0.2) is 9.78 Å². The maximum atomic E-state index is 12.6. The molecule has 1 aliphatic heterocycles. The number of rotatable bonds is 6. The van der Waals surface area contributed by atoms with Gasteiger partial charge in [0.15, 0.2) is 0 Å². The highest BCUT2D eigenvalue weighted by atomic mass is 16.5. The molecule has 1 N–H and O–H groups in total. The van der Waals surface area contributed by atoms with E-state index in [1.807, 2.05) is 6.07 Å². The van der Waals surface area contributed by atoms with Crippen LogP contribution in [0.2, 0.25) is 0 Å². The zero-order chi connectivity index (χ0) is 19.9. The summed E-state index contributed by atoms with van der Waals surface area (Å²) in [6, 6.07) is 10.4. The molecule has 7 nitrogen and oxygen atoms in total. The second-order valence-corrected chi connectivity index (χ2v) is 6.55. The average Bonchev–Trinajstić information content (AvgIpc) is 2.74. The van der Waals surface area contributed by atoms with Crippen LogP contribution in [0, 0.1) is 0 Å². The standard InChI is InChI=1S/C21H26N4O3/c1-3-24-11-13-25(14-12-24)19-10-9-16(15-22-19)20(26)23-18-8-6-5-7-17(18)21(27)28-4-2/h5-10,15H,3-4,11-14H2,1-2H3,(H,23,26). The van der Waals surface area contributed by atoms with E-state index in [9.17, 15) is 9.59 Å². The molecule has 2 heterocycles. The van der Waals surface area contributed by atoms with Crippen LogP contribution in [0.1, 0.15) is 34.6 Å². The number of ether oxygens (including phenoxy) is 1. The molecule has 0 radical (unpaired) electrons. The van der Waals surface area contributed by atoms with E-state index in [0.717, 1.165) is 38.5 Å². The van der Waals surface area contributed by atoms with Gasteiger partial charge in [0.05, 0.1) is 23.4 Å². The molecular weight excluding hydrogens is 356 g/mol. The molecular formula is C21H26N4O3. The number of hydrogen-bond donors (Lipinski definition) is 1. The number of carbonyl (C=O) groups is 2. The molecule has 0 unspecified atom stereocenters. The Morgan fingerprint density at radius 3 is 2.46 bits per heavy atom. The molecule has 1 aliphatic rings. The predicted molar refractivity (Wildman–Crippen MR) is 109 cm³/mol. The Morgan fingerprint density at radius 2 is 1.82 bits per heavy atom. The molecule has 0 bridgehead atoms. The zero-order valence-corrected chi connectivity index (χ0v) is 16.4. The number of anilines is 2. The first-order valence-corrected chi connectivity index (χ1v) is 9.63. The summed E-state index contributed by atoms with van der Waals surface area (Å²) < 4.78 is 5.04. The van der Waals surface area contributed by atoms with E-state index >= 15 is 0 Å². The van der Waals surface area contributed by atoms with Gasteiger partial charge < -0.3 is 19.9 Å². The van der Waals surface area contributed by atoms with Gasteiger partial charge in [-0.05, 0) is 37.7 Å². The minimum Gasteiger partial charge on any atom is -0.462 e. The van der Waals surface area contributed by atoms with E-state index in [4.69, 9.17) is 4.74 Å². The van der Waals surface area contributed by atoms with Gasteiger partial charge in [-0.15, -0.1) is 0 Å². The van der Waals surface area contributed by atoms with Crippen LogP contribution >= 0.6 is 0 Å². The van der Waals surface area contributed by atoms with Gasteiger partial charge >= 0.3 is 5.97 Å². The van der Waals surface area contributed by atoms with Crippen LogP contribution in [0.5, 0.6) is 0 Å². The molecule has 0 aliphatic carbocycles. The third-order valence-corrected chi connectivity index (χ3v) is 4.82. The van der Waals surface area contributed by atoms with Gasteiger partial charge in [0.25, 0.3) is 5.91 Å². The minimum atomic E-state index is -0.460. The smallest absolute Gasteiger partial charge is 0.340 e. The Balaban J connectivity index is 1.67. The van der Waals surface area contributed by atoms with E-state index in [0.29, 0.717) is 16.8 Å². The SMILES string of the molecule is CCOC(=O)c1ccccc1NC(=O)c1ccc(N2CCN(CC)CC2)nc1. The average molecular weight is 382 g/mol. The van der Waals surface area contributed by atoms with Crippen molar-refractivity contribution in [3.8, 4) is 0 Å². The Kier molecular flexibility index (Phi) is 6.60. The van der Waals surface area contributed by atoms with Crippen LogP contribution in [0.15, 0.2) is 42.6 Å². The maximum absolute atomic E-state index is 12.6. The number of nitrogens with zero attached hydrogens (tertiary/aromatic N) is 3. The Hall–Kier alpha value is -2.93. The fraction of sp³-hybridized carbons (Fsp3) is 0.381. The number of nitrogens with one attached hydrogen (secondary N) is 1. The van der Waals surface area contributed by atoms with Crippen molar-refractivity contribution in [1.29, 1.82) is 0 Å². The summed E-state index contributed by atoms with van der Waals surface area (Å²) in [5.74, 6) is 0.101. The number of benzene rings is 1. The lowest BCUT2D eigenvalue weighted by Gasteiger charge is -2.34. The van der Waals surface area contributed by atoms with E-state index in [1.54, 1.807) is 43.5 Å². The normalized spacial score (nSPS) is 14.6. The van der Waals surface area contributed by atoms with Crippen molar-refractivity contribution < 1.29 is 14.3 Å². The first kappa shape index (κ1) is 19.8. The van der Waals surface area contributed by atoms with Gasteiger partial charge in [0, 0.05) is 32.4 Å². The first-order chi connectivity index (χ1) is 13.6. The molecule has 3 rings (SSSR count). The molecule has 2 aromatic rings. The second kappa shape index (κ2) is 9.32. The molecule has 28 heavy (non-hydrogen) atoms. The van der Waals surface area contributed by atoms with Crippen LogP contribution in [0.3, 0.4) is 0 Å². The van der Waals surface area contributed by atoms with E-state index < -0.39 is 5.97 Å². The quantitative estimate of drug-likeness (QED) is 0.774. The maximum Gasteiger partial charge on any atom is 0.340 e. The van der Waals surface area contributed by atoms with E-state index in [1.165, 1.54) is 0 Å². The number of aromatic nitrogens is 1. The lowest BCUT2D eigenvalue weighted by Crippen LogP contribution is -2.46. The van der Waals surface area contributed by atoms with Crippen molar-refractivity contribution in [1.82, 2.24) is 9.88 Å². The number of esters is 1. The molecule has 1 aromatic carbocycles. The number of pyridine rings is 1. The molecule has 7 heteroatoms. The third-order valence-electron chi connectivity index (χ3n) is 4.82. The topological polar surface area (TPSA) is 74.8 Å². The Labute approximate surface area is 165 Å². The van der Waals surface area contributed by atoms with Crippen LogP contribution in [-0.4, -0.2) is 61.1 Å². The summed E-state index contributed by atoms with van der Waals surface area (Å²) in [6.45, 7) is 9.15. The number of likely N-dealkylation sites (N-methyl/N-ethyl adjacent to an activating group) is 1. The van der Waals surface area contributed by atoms with Crippen LogP contribution in [0.25, 0.3) is 0 Å². The molecule has 1 fully saturated rings. The van der Waals surface area contributed by atoms with Gasteiger partial charge in [0.2, 0.25) is 0 Å². The summed E-state index contributed by atoms with van der Waals surface area (Å²) in [5, 5.41) is 2.78. The monoisotopic (exact) mass is 382 g/mol. The summed E-state index contributed by atoms with van der Waals surface area (Å²) in [5.41, 5.74) is 1.19. The first-order valence-electron chi connectivity index (χ1n) is 9.63. The van der Waals surface area contributed by atoms with Crippen molar-refractivity contribution in [2.45, 2.75) is 13.8 Å². The molecule has 0 atom stereocenters. The predicted octanol–water partition coefficient (Wildman–Crippen LogP) is 2.65. The number of para-hydroxylation sites is 1. The molecule has 1 aromatic heterocycles. The summed E-state index contributed by atoms with van der Waals surface area (Å²) in [7, 11) is 0. The van der Waals surface area contributed by atoms with Crippen LogP contribution in [-0.2, 0) is 4.74 Å². The van der Waals surface area contributed by atoms with Crippen molar-refractivity contribution in [3.63, 3.8) is 0 Å². The third kappa shape index (κ3) is 4.67. The van der Waals surface area contributed by atoms with Crippen molar-refractivity contribution >= 4 is 23.4 Å². The fourth-order valence-electron chi connectivity index (χ4n) is 3.17. The highest BCUT2D eigenvalue weighted by molar-refractivity contribution is 6.07. The fourth-order valence-corrected chi connectivity index (χ4v) is 3.17. The number of amides is 1. The van der Waals surface area contributed by atoms with Gasteiger partial charge in [-0.2, -0.15) is 0 Å². The van der Waals surface area contributed by atoms with Crippen LogP contribution < -0.4 is 10.2 Å². The number of hydrogen-bond acceptors (Lipinski definition) is 6. The van der Waals surface area contributed by atoms with Gasteiger partial charge in [-0.1, -0.05) is 19.1 Å². The Morgan fingerprint density at radius 1 is 1.07 bits per heavy atom. The van der Waals surface area contributed by atoms with Gasteiger partial charge in [-0.3, -0.25) is 4.79 Å². The number of carbonyl (C=O) groups excluding carboxylic acids is 2. The second-order valence-electron chi connectivity index (χ2n) is 6.55. The van der Waals surface area contributed by atoms with Crippen LogP contribution in [0.4, 0.5) is 11.5 Å². The van der Waals surface area contributed by atoms with Crippen molar-refractivity contribution in [3.05, 3.63) is 53.7 Å². The largest absolute Gasteiger partial charge is 0.462 e. The lowest BCUT2D eigenvalue weighted by molar-refractivity contribution is 0.0527. The highest BCUT2D eigenvalue weighted by Crippen LogP contribution is 2.19. The van der Waals surface area contributed by atoms with Gasteiger partial charge in [0.1, 0.15) is 5.82 Å². The summed E-state index contributed by atoms with van der Waals surface area (Å²) in [4.78, 5) is 33.7. The Bertz CT molecular complexity index is 815. The van der Waals surface area contributed by atoms with E-state index in [-0.39, 0.29) is 12.5 Å². The molecule has 0 spiro atoms. The highest BCUT2D eigenvalue weighted by Gasteiger charge is 2.18. The zero-order valence-electron chi connectivity index (χ0n) is 16.4. The summed E-state index contributed by atoms with van der Waals surface area (Å²) >= 11 is 0. The molecule has 1 amide bonds. The summed E-state index contributed by atoms with van der Waals surface area (Å²) in [6.07, 6.45) is 1.57. The lowest BCUT2D eigenvalue weighted by atomic mass is 10.1. The van der Waals surface area contributed by atoms with Crippen molar-refractivity contribution in [2.24, 2.45) is 0 Å². The minimum absolute atomic E-state index is 0.277. The molecule has 0 saturated carbocycles. The van der Waals surface area contributed by atoms with Crippen molar-refractivity contribution in [2.75, 3.05) is 49.5 Å². The molecule has 148 valence electrons. The van der Waals surface area contributed by atoms with E-state index in [2.05, 4.69) is 27.0 Å².